The largest absolute Gasteiger partial charge is 0.490 e. The van der Waals surface area contributed by atoms with E-state index in [2.05, 4.69) is 0 Å². The molecule has 3 rings (SSSR count). The highest BCUT2D eigenvalue weighted by Crippen LogP contribution is 2.31. The van der Waals surface area contributed by atoms with E-state index in [0.717, 1.165) is 6.42 Å². The van der Waals surface area contributed by atoms with Gasteiger partial charge in [-0.1, -0.05) is 23.2 Å². The predicted octanol–water partition coefficient (Wildman–Crippen LogP) is 4.54. The Bertz CT molecular complexity index is 941. The van der Waals surface area contributed by atoms with E-state index in [-0.39, 0.29) is 29.2 Å². The van der Waals surface area contributed by atoms with Crippen molar-refractivity contribution in [1.82, 2.24) is 0 Å². The zero-order chi connectivity index (χ0) is 20.8. The number of halogens is 2. The van der Waals surface area contributed by atoms with Crippen LogP contribution in [0.15, 0.2) is 36.4 Å². The molecule has 1 heterocycles. The number of ether oxygens (including phenoxy) is 3. The zero-order valence-corrected chi connectivity index (χ0v) is 16.9. The molecule has 29 heavy (non-hydrogen) atoms. The molecule has 0 fully saturated rings. The van der Waals surface area contributed by atoms with Gasteiger partial charge in [0.05, 0.1) is 29.7 Å². The molecule has 0 saturated carbocycles. The second kappa shape index (κ2) is 9.76. The molecule has 0 radical (unpaired) electrons. The van der Waals surface area contributed by atoms with Crippen LogP contribution in [0, 0.1) is 0 Å². The third kappa shape index (κ3) is 5.71. The van der Waals surface area contributed by atoms with Crippen LogP contribution in [0.4, 0.5) is 0 Å². The molecule has 2 aromatic rings. The van der Waals surface area contributed by atoms with Crippen LogP contribution in [0.5, 0.6) is 11.5 Å². The lowest BCUT2D eigenvalue weighted by molar-refractivity contribution is -0.142. The third-order valence-electron chi connectivity index (χ3n) is 4.23. The van der Waals surface area contributed by atoms with Gasteiger partial charge in [0.2, 0.25) is 0 Å². The van der Waals surface area contributed by atoms with Crippen LogP contribution in [0.2, 0.25) is 10.0 Å². The summed E-state index contributed by atoms with van der Waals surface area (Å²) in [6, 6.07) is 9.33. The summed E-state index contributed by atoms with van der Waals surface area (Å²) in [7, 11) is 0. The van der Waals surface area contributed by atoms with Gasteiger partial charge in [0.1, 0.15) is 0 Å². The van der Waals surface area contributed by atoms with Gasteiger partial charge in [-0.25, -0.2) is 0 Å². The van der Waals surface area contributed by atoms with Crippen LogP contribution in [0.25, 0.3) is 0 Å². The van der Waals surface area contributed by atoms with E-state index in [4.69, 9.17) is 37.4 Å². The van der Waals surface area contributed by atoms with Crippen molar-refractivity contribution < 1.29 is 28.6 Å². The molecule has 8 heteroatoms. The Morgan fingerprint density at radius 2 is 1.52 bits per heavy atom. The van der Waals surface area contributed by atoms with Crippen LogP contribution in [-0.2, 0) is 9.53 Å². The molecule has 0 aromatic heterocycles. The lowest BCUT2D eigenvalue weighted by Gasteiger charge is -2.09. The Morgan fingerprint density at radius 1 is 0.828 bits per heavy atom. The first-order valence-corrected chi connectivity index (χ1v) is 9.76. The fraction of sp³-hybridized carbons (Fsp3) is 0.286. The second-order valence-electron chi connectivity index (χ2n) is 6.35. The molecule has 0 unspecified atom stereocenters. The highest BCUT2D eigenvalue weighted by Gasteiger charge is 2.16. The average molecular weight is 437 g/mol. The monoisotopic (exact) mass is 436 g/mol. The first-order chi connectivity index (χ1) is 13.9. The lowest BCUT2D eigenvalue weighted by Crippen LogP contribution is -2.15. The van der Waals surface area contributed by atoms with E-state index >= 15 is 0 Å². The standard InChI is InChI=1S/C21H18Cl2O6/c22-15-4-2-13(10-16(15)23)18(25)12-29-21(26)7-5-17(24)14-3-6-19-20(11-14)28-9-1-8-27-19/h2-4,6,10-11H,1,5,7-9,12H2. The summed E-state index contributed by atoms with van der Waals surface area (Å²) < 4.78 is 16.1. The van der Waals surface area contributed by atoms with Gasteiger partial charge in [0, 0.05) is 24.0 Å². The second-order valence-corrected chi connectivity index (χ2v) is 7.16. The van der Waals surface area contributed by atoms with Gasteiger partial charge in [0.25, 0.3) is 0 Å². The maximum atomic E-state index is 12.4. The van der Waals surface area contributed by atoms with Crippen molar-refractivity contribution in [2.24, 2.45) is 0 Å². The number of rotatable bonds is 7. The van der Waals surface area contributed by atoms with Gasteiger partial charge < -0.3 is 14.2 Å². The molecular formula is C21H18Cl2O6. The van der Waals surface area contributed by atoms with Crippen LogP contribution in [0.1, 0.15) is 40.0 Å². The first-order valence-electron chi connectivity index (χ1n) is 9.01. The summed E-state index contributed by atoms with van der Waals surface area (Å²) in [6.07, 6.45) is 0.589. The molecule has 6 nitrogen and oxygen atoms in total. The summed E-state index contributed by atoms with van der Waals surface area (Å²) in [5.74, 6) is -0.164. The number of Topliss-reactive ketones (excluding diaryl/α,β-unsaturated/α-hetero) is 2. The number of carbonyl (C=O) groups is 3. The maximum absolute atomic E-state index is 12.4. The Hall–Kier alpha value is -2.57. The van der Waals surface area contributed by atoms with E-state index in [1.165, 1.54) is 18.2 Å². The summed E-state index contributed by atoms with van der Waals surface area (Å²) in [5, 5.41) is 0.568. The van der Waals surface area contributed by atoms with Gasteiger partial charge in [-0.2, -0.15) is 0 Å². The number of fused-ring (bicyclic) bond motifs is 1. The number of carbonyl (C=O) groups excluding carboxylic acids is 3. The molecular weight excluding hydrogens is 419 g/mol. The van der Waals surface area contributed by atoms with Gasteiger partial charge >= 0.3 is 5.97 Å². The summed E-state index contributed by atoms with van der Waals surface area (Å²) >= 11 is 11.7. The minimum Gasteiger partial charge on any atom is -0.490 e. The Balaban J connectivity index is 1.49. The predicted molar refractivity (Wildman–Crippen MR) is 107 cm³/mol. The minimum atomic E-state index is -0.638. The number of benzene rings is 2. The molecule has 2 aromatic carbocycles. The number of hydrogen-bond donors (Lipinski definition) is 0. The molecule has 0 saturated heterocycles. The van der Waals surface area contributed by atoms with E-state index in [0.29, 0.717) is 35.3 Å². The van der Waals surface area contributed by atoms with Gasteiger partial charge in [-0.05, 0) is 36.4 Å². The van der Waals surface area contributed by atoms with Gasteiger partial charge in [-0.15, -0.1) is 0 Å². The van der Waals surface area contributed by atoms with Crippen molar-refractivity contribution >= 4 is 40.7 Å². The van der Waals surface area contributed by atoms with Crippen molar-refractivity contribution in [3.05, 3.63) is 57.6 Å². The van der Waals surface area contributed by atoms with Crippen LogP contribution in [-0.4, -0.2) is 37.4 Å². The fourth-order valence-corrected chi connectivity index (χ4v) is 2.97. The van der Waals surface area contributed by atoms with E-state index < -0.39 is 18.4 Å². The quantitative estimate of drug-likeness (QED) is 0.468. The van der Waals surface area contributed by atoms with Crippen LogP contribution >= 0.6 is 23.2 Å². The molecule has 0 spiro atoms. The van der Waals surface area contributed by atoms with Crippen LogP contribution < -0.4 is 9.47 Å². The van der Waals surface area contributed by atoms with Crippen molar-refractivity contribution in [3.8, 4) is 11.5 Å². The molecule has 0 aliphatic carbocycles. The third-order valence-corrected chi connectivity index (χ3v) is 4.97. The molecule has 0 amide bonds. The Morgan fingerprint density at radius 3 is 2.28 bits per heavy atom. The SMILES string of the molecule is O=C(CCC(=O)c1ccc2c(c1)OCCCO2)OCC(=O)c1ccc(Cl)c(Cl)c1. The molecule has 0 bridgehead atoms. The van der Waals surface area contributed by atoms with Crippen molar-refractivity contribution in [2.45, 2.75) is 19.3 Å². The number of esters is 1. The maximum Gasteiger partial charge on any atom is 0.306 e. The van der Waals surface area contributed by atoms with Crippen molar-refractivity contribution in [1.29, 1.82) is 0 Å². The average Bonchev–Trinajstić information content (AvgIpc) is 2.97. The topological polar surface area (TPSA) is 78.9 Å². The molecule has 152 valence electrons. The molecule has 1 aliphatic heterocycles. The van der Waals surface area contributed by atoms with E-state index in [1.54, 1.807) is 18.2 Å². The fourth-order valence-electron chi connectivity index (χ4n) is 2.67. The Kier molecular flexibility index (Phi) is 7.12. The van der Waals surface area contributed by atoms with Crippen molar-refractivity contribution in [3.63, 3.8) is 0 Å². The summed E-state index contributed by atoms with van der Waals surface area (Å²) in [4.78, 5) is 36.3. The number of ketones is 2. The summed E-state index contributed by atoms with van der Waals surface area (Å²) in [6.45, 7) is 0.645. The van der Waals surface area contributed by atoms with E-state index in [1.807, 2.05) is 0 Å². The lowest BCUT2D eigenvalue weighted by atomic mass is 10.1. The highest BCUT2D eigenvalue weighted by atomic mass is 35.5. The number of hydrogen-bond acceptors (Lipinski definition) is 6. The molecule has 0 N–H and O–H groups in total. The highest BCUT2D eigenvalue weighted by molar-refractivity contribution is 6.42. The normalized spacial score (nSPS) is 12.8. The smallest absolute Gasteiger partial charge is 0.306 e. The van der Waals surface area contributed by atoms with Crippen LogP contribution in [0.3, 0.4) is 0 Å². The van der Waals surface area contributed by atoms with Gasteiger partial charge in [-0.3, -0.25) is 14.4 Å². The van der Waals surface area contributed by atoms with Crippen molar-refractivity contribution in [2.75, 3.05) is 19.8 Å². The van der Waals surface area contributed by atoms with E-state index in [9.17, 15) is 14.4 Å². The first kappa shape index (κ1) is 21.1. The zero-order valence-electron chi connectivity index (χ0n) is 15.4. The molecule has 0 atom stereocenters. The van der Waals surface area contributed by atoms with Gasteiger partial charge in [0.15, 0.2) is 29.7 Å². The minimum absolute atomic E-state index is 0.0422. The molecule has 1 aliphatic rings. The Labute approximate surface area is 177 Å². The summed E-state index contributed by atoms with van der Waals surface area (Å²) in [5.41, 5.74) is 0.712.